The van der Waals surface area contributed by atoms with E-state index in [0.29, 0.717) is 0 Å². The molecule has 1 aliphatic rings. The van der Waals surface area contributed by atoms with E-state index in [-0.39, 0.29) is 18.3 Å². The molecule has 1 heterocycles. The van der Waals surface area contributed by atoms with Crippen LogP contribution in [0.4, 0.5) is 0 Å². The quantitative estimate of drug-likeness (QED) is 0.451. The molecule has 0 amide bonds. The maximum Gasteiger partial charge on any atom is 0.110 e. The lowest BCUT2D eigenvalue weighted by molar-refractivity contribution is 0.234. The Kier molecular flexibility index (Phi) is 9.01. The highest BCUT2D eigenvalue weighted by Gasteiger charge is 2.50. The molecule has 0 aliphatic carbocycles. The Labute approximate surface area is 139 Å². The van der Waals surface area contributed by atoms with Crippen molar-refractivity contribution in [2.75, 3.05) is 6.61 Å². The minimum atomic E-state index is -0.0145. The number of hydrogen-bond donors (Lipinski definition) is 1. The monoisotopic (exact) mass is 312 g/mol. The summed E-state index contributed by atoms with van der Waals surface area (Å²) in [5, 5.41) is 9.09. The Morgan fingerprint density at radius 1 is 0.864 bits per heavy atom. The van der Waals surface area contributed by atoms with Gasteiger partial charge in [-0.05, 0) is 31.1 Å². The Balaban J connectivity index is 1.96. The van der Waals surface area contributed by atoms with E-state index in [0.717, 1.165) is 24.2 Å². The molecule has 132 valence electrons. The lowest BCUT2D eigenvalue weighted by atomic mass is 9.90. The molecule has 22 heavy (non-hydrogen) atoms. The smallest absolute Gasteiger partial charge is 0.110 e. The third-order valence-electron chi connectivity index (χ3n) is 5.44. The number of hydrogen-bond acceptors (Lipinski definition) is 2. The molecule has 0 radical (unpaired) electrons. The van der Waals surface area contributed by atoms with Crippen LogP contribution in [-0.2, 0) is 4.74 Å². The molecule has 4 atom stereocenters. The molecule has 0 bridgehead atoms. The van der Waals surface area contributed by atoms with Crippen molar-refractivity contribution in [3.05, 3.63) is 0 Å². The second-order valence-corrected chi connectivity index (χ2v) is 8.46. The fourth-order valence-electron chi connectivity index (χ4n) is 3.52. The Morgan fingerprint density at radius 2 is 1.36 bits per heavy atom. The summed E-state index contributed by atoms with van der Waals surface area (Å²) in [6, 6.07) is 0. The molecule has 1 aliphatic heterocycles. The molecule has 0 saturated carbocycles. The van der Waals surface area contributed by atoms with E-state index in [9.17, 15) is 0 Å². The second-order valence-electron chi connectivity index (χ2n) is 8.46. The van der Waals surface area contributed by atoms with Gasteiger partial charge in [-0.3, -0.25) is 0 Å². The normalized spacial score (nSPS) is 27.1. The Hall–Kier alpha value is -0.0800. The highest BCUT2D eigenvalue weighted by molar-refractivity contribution is 4.98. The van der Waals surface area contributed by atoms with Gasteiger partial charge in [0.1, 0.15) is 6.10 Å². The number of aliphatic hydroxyl groups excluding tert-OH is 1. The number of rotatable bonds is 13. The van der Waals surface area contributed by atoms with Gasteiger partial charge in [-0.25, -0.2) is 0 Å². The van der Waals surface area contributed by atoms with Crippen molar-refractivity contribution in [3.63, 3.8) is 0 Å². The van der Waals surface area contributed by atoms with Gasteiger partial charge in [-0.2, -0.15) is 0 Å². The van der Waals surface area contributed by atoms with Crippen LogP contribution in [0.25, 0.3) is 0 Å². The van der Waals surface area contributed by atoms with Gasteiger partial charge in [-0.15, -0.1) is 0 Å². The summed E-state index contributed by atoms with van der Waals surface area (Å²) in [5.74, 6) is 2.59. The third kappa shape index (κ3) is 7.97. The topological polar surface area (TPSA) is 32.8 Å². The molecule has 1 rings (SSSR count). The van der Waals surface area contributed by atoms with Crippen molar-refractivity contribution in [3.8, 4) is 0 Å². The number of ether oxygens (including phenoxy) is 1. The maximum absolute atomic E-state index is 9.09. The summed E-state index contributed by atoms with van der Waals surface area (Å²) < 4.78 is 5.55. The van der Waals surface area contributed by atoms with Crippen LogP contribution in [0.1, 0.15) is 92.4 Å². The van der Waals surface area contributed by atoms with Gasteiger partial charge >= 0.3 is 0 Å². The van der Waals surface area contributed by atoms with Gasteiger partial charge in [0.15, 0.2) is 0 Å². The summed E-state index contributed by atoms with van der Waals surface area (Å²) in [4.78, 5) is 0. The molecule has 0 aromatic rings. The van der Waals surface area contributed by atoms with Gasteiger partial charge in [0.05, 0.1) is 12.2 Å². The van der Waals surface area contributed by atoms with Crippen LogP contribution in [0, 0.1) is 17.8 Å². The molecule has 1 fully saturated rings. The van der Waals surface area contributed by atoms with E-state index in [1.165, 1.54) is 51.4 Å². The Morgan fingerprint density at radius 3 is 1.82 bits per heavy atom. The molecule has 2 heteroatoms. The number of epoxide rings is 1. The molecular weight excluding hydrogens is 272 g/mol. The van der Waals surface area contributed by atoms with Crippen molar-refractivity contribution in [1.82, 2.24) is 0 Å². The van der Waals surface area contributed by atoms with Gasteiger partial charge < -0.3 is 9.84 Å². The highest BCUT2D eigenvalue weighted by atomic mass is 16.6. The fourth-order valence-corrected chi connectivity index (χ4v) is 3.52. The van der Waals surface area contributed by atoms with Crippen LogP contribution < -0.4 is 0 Å². The first kappa shape index (κ1) is 20.0. The van der Waals surface area contributed by atoms with E-state index in [2.05, 4.69) is 34.6 Å². The standard InChI is InChI=1S/C20H40O2/c1-16(2)9-6-10-17(3)11-7-12-18(4)13-8-14-20(5)19(15-21)22-20/h16-19,21H,6-15H2,1-5H3/t17?,18?,19-,20+/m1/s1. The third-order valence-corrected chi connectivity index (χ3v) is 5.44. The van der Waals surface area contributed by atoms with Crippen LogP contribution >= 0.6 is 0 Å². The average molecular weight is 313 g/mol. The minimum Gasteiger partial charge on any atom is -0.394 e. The SMILES string of the molecule is CC(C)CCCC(C)CCCC(C)CCC[C@]1(C)O[C@@H]1CO. The summed E-state index contributed by atoms with van der Waals surface area (Å²) in [6.07, 6.45) is 12.1. The van der Waals surface area contributed by atoms with Gasteiger partial charge in [0, 0.05) is 0 Å². The molecule has 1 saturated heterocycles. The zero-order valence-electron chi connectivity index (χ0n) is 15.7. The minimum absolute atomic E-state index is 0.0145. The molecule has 2 unspecified atom stereocenters. The van der Waals surface area contributed by atoms with Crippen LogP contribution in [0.3, 0.4) is 0 Å². The van der Waals surface area contributed by atoms with Crippen molar-refractivity contribution < 1.29 is 9.84 Å². The maximum atomic E-state index is 9.09. The van der Waals surface area contributed by atoms with Crippen molar-refractivity contribution in [2.45, 2.75) is 104 Å². The summed E-state index contributed by atoms with van der Waals surface area (Å²) in [6.45, 7) is 11.8. The van der Waals surface area contributed by atoms with Crippen molar-refractivity contribution in [1.29, 1.82) is 0 Å². The molecule has 0 aromatic heterocycles. The highest BCUT2D eigenvalue weighted by Crippen LogP contribution is 2.40. The van der Waals surface area contributed by atoms with Crippen molar-refractivity contribution in [2.24, 2.45) is 17.8 Å². The van der Waals surface area contributed by atoms with Crippen LogP contribution in [0.2, 0.25) is 0 Å². The zero-order chi connectivity index (χ0) is 16.6. The molecule has 0 spiro atoms. The van der Waals surface area contributed by atoms with Crippen LogP contribution in [0.5, 0.6) is 0 Å². The first-order chi connectivity index (χ1) is 10.4. The number of aliphatic hydroxyl groups is 1. The van der Waals surface area contributed by atoms with E-state index in [1.807, 2.05) is 0 Å². The lowest BCUT2D eigenvalue weighted by Gasteiger charge is -2.15. The predicted octanol–water partition coefficient (Wildman–Crippen LogP) is 5.58. The summed E-state index contributed by atoms with van der Waals surface area (Å²) in [7, 11) is 0. The van der Waals surface area contributed by atoms with E-state index in [4.69, 9.17) is 9.84 Å². The van der Waals surface area contributed by atoms with E-state index >= 15 is 0 Å². The summed E-state index contributed by atoms with van der Waals surface area (Å²) >= 11 is 0. The predicted molar refractivity (Wildman–Crippen MR) is 95.1 cm³/mol. The molecule has 2 nitrogen and oxygen atoms in total. The van der Waals surface area contributed by atoms with Crippen LogP contribution in [0.15, 0.2) is 0 Å². The fraction of sp³-hybridized carbons (Fsp3) is 1.00. The summed E-state index contributed by atoms with van der Waals surface area (Å²) in [5.41, 5.74) is -0.0145. The van der Waals surface area contributed by atoms with E-state index in [1.54, 1.807) is 0 Å². The zero-order valence-corrected chi connectivity index (χ0v) is 15.7. The van der Waals surface area contributed by atoms with Gasteiger partial charge in [0.25, 0.3) is 0 Å². The van der Waals surface area contributed by atoms with Gasteiger partial charge in [-0.1, -0.05) is 79.1 Å². The van der Waals surface area contributed by atoms with Crippen molar-refractivity contribution >= 4 is 0 Å². The van der Waals surface area contributed by atoms with Gasteiger partial charge in [0.2, 0.25) is 0 Å². The molecular formula is C20H40O2. The van der Waals surface area contributed by atoms with E-state index < -0.39 is 0 Å². The first-order valence-electron chi connectivity index (χ1n) is 9.66. The average Bonchev–Trinajstić information content (AvgIpc) is 3.09. The Bertz CT molecular complexity index is 289. The second kappa shape index (κ2) is 9.93. The lowest BCUT2D eigenvalue weighted by Crippen LogP contribution is -2.12. The largest absolute Gasteiger partial charge is 0.394 e. The van der Waals surface area contributed by atoms with Crippen LogP contribution in [-0.4, -0.2) is 23.4 Å². The first-order valence-corrected chi connectivity index (χ1v) is 9.66. The molecule has 0 aromatic carbocycles. The molecule has 1 N–H and O–H groups in total.